The minimum atomic E-state index is -4.25. The number of methoxy groups -OCH3 is 2. The molecular formula is C31H37Cl2N3O6S. The van der Waals surface area contributed by atoms with Crippen molar-refractivity contribution in [3.63, 3.8) is 0 Å². The molecule has 0 radical (unpaired) electrons. The molecular weight excluding hydrogens is 613 g/mol. The van der Waals surface area contributed by atoms with Crippen molar-refractivity contribution in [2.45, 2.75) is 57.6 Å². The molecule has 0 bridgehead atoms. The number of amides is 2. The van der Waals surface area contributed by atoms with Gasteiger partial charge < -0.3 is 19.7 Å². The van der Waals surface area contributed by atoms with E-state index in [0.29, 0.717) is 27.8 Å². The topological polar surface area (TPSA) is 105 Å². The molecule has 3 aromatic carbocycles. The summed E-state index contributed by atoms with van der Waals surface area (Å²) in [5.74, 6) is -0.336. The average Bonchev–Trinajstić information content (AvgIpc) is 2.98. The Labute approximate surface area is 263 Å². The third kappa shape index (κ3) is 8.34. The van der Waals surface area contributed by atoms with Crippen molar-refractivity contribution in [3.05, 3.63) is 81.8 Å². The maximum absolute atomic E-state index is 14.1. The monoisotopic (exact) mass is 649 g/mol. The average molecular weight is 651 g/mol. The number of anilines is 1. The Bertz CT molecular complexity index is 1550. The van der Waals surface area contributed by atoms with Crippen molar-refractivity contribution in [1.29, 1.82) is 0 Å². The number of hydrogen-bond acceptors (Lipinski definition) is 6. The van der Waals surface area contributed by atoms with E-state index < -0.39 is 28.5 Å². The first kappa shape index (κ1) is 34.0. The Kier molecular flexibility index (Phi) is 11.7. The first-order valence-electron chi connectivity index (χ1n) is 13.7. The number of benzene rings is 3. The fraction of sp³-hybridized carbons (Fsp3) is 0.355. The van der Waals surface area contributed by atoms with Crippen LogP contribution in [0.15, 0.2) is 65.6 Å². The zero-order chi connectivity index (χ0) is 31.9. The van der Waals surface area contributed by atoms with Crippen LogP contribution in [-0.2, 0) is 26.2 Å². The predicted molar refractivity (Wildman–Crippen MR) is 170 cm³/mol. The quantitative estimate of drug-likeness (QED) is 0.249. The van der Waals surface area contributed by atoms with Crippen LogP contribution in [0, 0.1) is 6.92 Å². The number of nitrogens with one attached hydrogen (secondary N) is 1. The van der Waals surface area contributed by atoms with Gasteiger partial charge in [-0.25, -0.2) is 8.42 Å². The lowest BCUT2D eigenvalue weighted by molar-refractivity contribution is -0.139. The van der Waals surface area contributed by atoms with Crippen LogP contribution in [0.3, 0.4) is 0 Å². The lowest BCUT2D eigenvalue weighted by Gasteiger charge is -2.32. The molecule has 0 aliphatic heterocycles. The van der Waals surface area contributed by atoms with Gasteiger partial charge in [0.15, 0.2) is 11.5 Å². The number of rotatable bonds is 13. The van der Waals surface area contributed by atoms with Gasteiger partial charge in [0.2, 0.25) is 11.8 Å². The fourth-order valence-electron chi connectivity index (χ4n) is 4.23. The van der Waals surface area contributed by atoms with E-state index in [2.05, 4.69) is 5.32 Å². The summed E-state index contributed by atoms with van der Waals surface area (Å²) in [5.41, 5.74) is 1.59. The van der Waals surface area contributed by atoms with Gasteiger partial charge in [0, 0.05) is 28.7 Å². The number of halogens is 2. The smallest absolute Gasteiger partial charge is 0.264 e. The molecule has 0 saturated heterocycles. The summed E-state index contributed by atoms with van der Waals surface area (Å²) in [6.07, 6.45) is 0.692. The van der Waals surface area contributed by atoms with Crippen molar-refractivity contribution in [2.75, 3.05) is 25.1 Å². The third-order valence-electron chi connectivity index (χ3n) is 7.07. The molecule has 0 heterocycles. The van der Waals surface area contributed by atoms with Gasteiger partial charge in [-0.3, -0.25) is 13.9 Å². The van der Waals surface area contributed by atoms with Gasteiger partial charge in [-0.1, -0.05) is 53.9 Å². The molecule has 1 N–H and O–H groups in total. The maximum Gasteiger partial charge on any atom is 0.264 e. The predicted octanol–water partition coefficient (Wildman–Crippen LogP) is 5.85. The lowest BCUT2D eigenvalue weighted by atomic mass is 10.1. The second-order valence-electron chi connectivity index (χ2n) is 10.1. The van der Waals surface area contributed by atoms with Crippen LogP contribution in [0.25, 0.3) is 0 Å². The van der Waals surface area contributed by atoms with Crippen LogP contribution in [0.1, 0.15) is 38.3 Å². The van der Waals surface area contributed by atoms with E-state index >= 15 is 0 Å². The van der Waals surface area contributed by atoms with Crippen molar-refractivity contribution >= 4 is 50.7 Å². The summed E-state index contributed by atoms with van der Waals surface area (Å²) >= 11 is 12.5. The highest BCUT2D eigenvalue weighted by atomic mass is 35.5. The second kappa shape index (κ2) is 14.8. The summed E-state index contributed by atoms with van der Waals surface area (Å²) in [6, 6.07) is 14.6. The van der Waals surface area contributed by atoms with Crippen molar-refractivity contribution in [2.24, 2.45) is 0 Å². The van der Waals surface area contributed by atoms with E-state index in [4.69, 9.17) is 32.7 Å². The molecule has 0 fully saturated rings. The summed E-state index contributed by atoms with van der Waals surface area (Å²) in [5, 5.41) is 3.62. The van der Waals surface area contributed by atoms with Crippen LogP contribution in [0.5, 0.6) is 11.5 Å². The molecule has 3 rings (SSSR count). The van der Waals surface area contributed by atoms with E-state index in [-0.39, 0.29) is 34.8 Å². The van der Waals surface area contributed by atoms with E-state index in [1.807, 2.05) is 20.8 Å². The summed E-state index contributed by atoms with van der Waals surface area (Å²) in [4.78, 5) is 28.7. The van der Waals surface area contributed by atoms with E-state index in [9.17, 15) is 18.0 Å². The molecule has 2 atom stereocenters. The molecule has 0 spiro atoms. The van der Waals surface area contributed by atoms with Crippen molar-refractivity contribution in [1.82, 2.24) is 10.2 Å². The van der Waals surface area contributed by atoms with Gasteiger partial charge in [-0.15, -0.1) is 0 Å². The van der Waals surface area contributed by atoms with Gasteiger partial charge in [-0.2, -0.15) is 0 Å². The summed E-state index contributed by atoms with van der Waals surface area (Å²) in [7, 11) is -1.36. The summed E-state index contributed by atoms with van der Waals surface area (Å²) < 4.78 is 39.9. The second-order valence-corrected chi connectivity index (χ2v) is 12.8. The number of carbonyl (C=O) groups is 2. The Morgan fingerprint density at radius 1 is 0.930 bits per heavy atom. The highest BCUT2D eigenvalue weighted by molar-refractivity contribution is 7.92. The van der Waals surface area contributed by atoms with E-state index in [1.54, 1.807) is 43.3 Å². The first-order valence-corrected chi connectivity index (χ1v) is 15.9. The lowest BCUT2D eigenvalue weighted by Crippen LogP contribution is -2.52. The van der Waals surface area contributed by atoms with Gasteiger partial charge in [-0.05, 0) is 69.2 Å². The zero-order valence-electron chi connectivity index (χ0n) is 25.1. The minimum absolute atomic E-state index is 0.00413. The SMILES string of the molecule is CC[C@H](C)NC(=O)[C@H](C)N(Cc1ccc(Cl)cc1Cl)C(=O)CN(c1ccc(OC)c(OC)c1)S(=O)(=O)c1ccc(C)cc1. The number of sulfonamides is 1. The Hall–Kier alpha value is -3.47. The third-order valence-corrected chi connectivity index (χ3v) is 9.44. The highest BCUT2D eigenvalue weighted by Crippen LogP contribution is 2.34. The number of aryl methyl sites for hydroxylation is 1. The molecule has 3 aromatic rings. The van der Waals surface area contributed by atoms with Gasteiger partial charge in [0.05, 0.1) is 24.8 Å². The number of nitrogens with zero attached hydrogens (tertiary/aromatic N) is 2. The molecule has 2 amide bonds. The first-order chi connectivity index (χ1) is 20.3. The zero-order valence-corrected chi connectivity index (χ0v) is 27.4. The molecule has 0 aromatic heterocycles. The van der Waals surface area contributed by atoms with Crippen LogP contribution >= 0.6 is 23.2 Å². The maximum atomic E-state index is 14.1. The van der Waals surface area contributed by atoms with E-state index in [1.165, 1.54) is 43.4 Å². The van der Waals surface area contributed by atoms with Crippen molar-refractivity contribution < 1.29 is 27.5 Å². The molecule has 0 aliphatic carbocycles. The summed E-state index contributed by atoms with van der Waals surface area (Å²) in [6.45, 7) is 6.56. The number of hydrogen-bond donors (Lipinski definition) is 1. The molecule has 9 nitrogen and oxygen atoms in total. The van der Waals surface area contributed by atoms with Gasteiger partial charge in [0.1, 0.15) is 12.6 Å². The Balaban J connectivity index is 2.11. The molecule has 0 saturated carbocycles. The highest BCUT2D eigenvalue weighted by Gasteiger charge is 2.33. The van der Waals surface area contributed by atoms with E-state index in [0.717, 1.165) is 9.87 Å². The minimum Gasteiger partial charge on any atom is -0.493 e. The normalized spacial score (nSPS) is 12.7. The van der Waals surface area contributed by atoms with Crippen LogP contribution in [0.4, 0.5) is 5.69 Å². The van der Waals surface area contributed by atoms with Gasteiger partial charge >= 0.3 is 0 Å². The Morgan fingerprint density at radius 2 is 1.58 bits per heavy atom. The molecule has 12 heteroatoms. The van der Waals surface area contributed by atoms with Crippen molar-refractivity contribution in [3.8, 4) is 11.5 Å². The molecule has 0 aliphatic rings. The van der Waals surface area contributed by atoms with Crippen LogP contribution in [0.2, 0.25) is 10.0 Å². The molecule has 0 unspecified atom stereocenters. The Morgan fingerprint density at radius 3 is 2.16 bits per heavy atom. The molecule has 43 heavy (non-hydrogen) atoms. The fourth-order valence-corrected chi connectivity index (χ4v) is 6.10. The van der Waals surface area contributed by atoms with Crippen LogP contribution < -0.4 is 19.1 Å². The molecule has 232 valence electrons. The standard InChI is InChI=1S/C31H37Cl2N3O6S/c1-7-21(3)34-31(38)22(4)35(18-23-10-11-24(32)16-27(23)33)30(37)19-36(25-12-15-28(41-5)29(17-25)42-6)43(39,40)26-13-8-20(2)9-14-26/h8-17,21-22H,7,18-19H2,1-6H3,(H,34,38)/t21-,22-/m0/s1. The number of carbonyl (C=O) groups excluding carboxylic acids is 2. The van der Waals surface area contributed by atoms with Crippen LogP contribution in [-0.4, -0.2) is 58.0 Å². The van der Waals surface area contributed by atoms with Gasteiger partial charge in [0.25, 0.3) is 10.0 Å². The largest absolute Gasteiger partial charge is 0.493 e. The number of ether oxygens (including phenoxy) is 2.